The van der Waals surface area contributed by atoms with E-state index in [0.29, 0.717) is 12.1 Å². The second-order valence-electron chi connectivity index (χ2n) is 3.55. The van der Waals surface area contributed by atoms with Crippen molar-refractivity contribution in [3.8, 4) is 0 Å². The summed E-state index contributed by atoms with van der Waals surface area (Å²) in [6.45, 7) is 0.376. The molecule has 2 rings (SSSR count). The molecule has 1 amide bonds. The molecule has 0 atom stereocenters. The zero-order chi connectivity index (χ0) is 12.1. The highest BCUT2D eigenvalue weighted by molar-refractivity contribution is 5.93. The van der Waals surface area contributed by atoms with Gasteiger partial charge in [0.2, 0.25) is 0 Å². The minimum atomic E-state index is -0.283. The summed E-state index contributed by atoms with van der Waals surface area (Å²) in [5, 5.41) is 2.75. The maximum atomic E-state index is 12.7. The lowest BCUT2D eigenvalue weighted by Gasteiger charge is -2.04. The molecule has 0 aliphatic rings. The molecule has 0 radical (unpaired) electrons. The van der Waals surface area contributed by atoms with E-state index in [2.05, 4.69) is 10.3 Å². The van der Waals surface area contributed by atoms with Gasteiger partial charge in [-0.05, 0) is 29.8 Å². The van der Waals surface area contributed by atoms with E-state index in [0.717, 1.165) is 5.56 Å². The third kappa shape index (κ3) is 3.82. The highest BCUT2D eigenvalue weighted by Gasteiger charge is 2.03. The van der Waals surface area contributed by atoms with Crippen molar-refractivity contribution in [2.75, 3.05) is 0 Å². The van der Waals surface area contributed by atoms with Crippen LogP contribution in [0.25, 0.3) is 0 Å². The number of rotatable bonds is 3. The van der Waals surface area contributed by atoms with Crippen LogP contribution in [0.1, 0.15) is 15.9 Å². The van der Waals surface area contributed by atoms with Gasteiger partial charge < -0.3 is 5.32 Å². The lowest BCUT2D eigenvalue weighted by atomic mass is 10.2. The number of hydrogen-bond acceptors (Lipinski definition) is 2. The normalized spacial score (nSPS) is 9.39. The number of hydrogen-bond donors (Lipinski definition) is 1. The first-order valence-corrected chi connectivity index (χ1v) is 5.18. The van der Waals surface area contributed by atoms with Crippen molar-refractivity contribution in [2.45, 2.75) is 6.54 Å². The van der Waals surface area contributed by atoms with Crippen LogP contribution in [0, 0.1) is 5.82 Å². The maximum absolute atomic E-state index is 12.7. The molecule has 0 spiro atoms. The third-order valence-corrected chi connectivity index (χ3v) is 2.31. The van der Waals surface area contributed by atoms with Gasteiger partial charge in [0.05, 0.1) is 0 Å². The van der Waals surface area contributed by atoms with Crippen molar-refractivity contribution in [3.05, 3.63) is 65.7 Å². The average molecular weight is 267 g/mol. The summed E-state index contributed by atoms with van der Waals surface area (Å²) in [5.74, 6) is -0.453. The first-order chi connectivity index (χ1) is 8.25. The molecule has 0 saturated heterocycles. The molecule has 1 aromatic heterocycles. The predicted octanol–water partition coefficient (Wildman–Crippen LogP) is 2.57. The molecule has 3 nitrogen and oxygen atoms in total. The van der Waals surface area contributed by atoms with Gasteiger partial charge in [0.25, 0.3) is 5.91 Å². The van der Waals surface area contributed by atoms with E-state index < -0.39 is 0 Å². The van der Waals surface area contributed by atoms with Crippen molar-refractivity contribution < 1.29 is 9.18 Å². The number of halogens is 2. The van der Waals surface area contributed by atoms with Crippen LogP contribution < -0.4 is 5.32 Å². The van der Waals surface area contributed by atoms with Crippen molar-refractivity contribution in [1.82, 2.24) is 10.3 Å². The van der Waals surface area contributed by atoms with Gasteiger partial charge >= 0.3 is 0 Å². The van der Waals surface area contributed by atoms with Crippen molar-refractivity contribution >= 4 is 18.3 Å². The fourth-order valence-electron chi connectivity index (χ4n) is 1.39. The molecule has 94 valence electrons. The summed E-state index contributed by atoms with van der Waals surface area (Å²) < 4.78 is 12.7. The van der Waals surface area contributed by atoms with Crippen LogP contribution in [0.15, 0.2) is 48.8 Å². The summed E-state index contributed by atoms with van der Waals surface area (Å²) >= 11 is 0. The number of nitrogens with one attached hydrogen (secondary N) is 1. The summed E-state index contributed by atoms with van der Waals surface area (Å²) in [6, 6.07) is 9.30. The minimum Gasteiger partial charge on any atom is -0.348 e. The molecule has 0 bridgehead atoms. The molecule has 0 saturated carbocycles. The smallest absolute Gasteiger partial charge is 0.251 e. The standard InChI is InChI=1S/C13H11FN2O.ClH/c14-12-3-1-10(2-4-12)9-16-13(17)11-5-7-15-8-6-11;/h1-8H,9H2,(H,16,17);1H. The second-order valence-corrected chi connectivity index (χ2v) is 3.55. The van der Waals surface area contributed by atoms with Gasteiger partial charge in [-0.25, -0.2) is 4.39 Å². The SMILES string of the molecule is Cl.O=C(NCc1ccc(F)cc1)c1ccncc1. The van der Waals surface area contributed by atoms with E-state index in [1.807, 2.05) is 0 Å². The molecule has 5 heteroatoms. The predicted molar refractivity (Wildman–Crippen MR) is 69.1 cm³/mol. The van der Waals surface area contributed by atoms with Crippen LogP contribution >= 0.6 is 12.4 Å². The Bertz CT molecular complexity index is 502. The van der Waals surface area contributed by atoms with Gasteiger partial charge in [0.1, 0.15) is 5.82 Å². The van der Waals surface area contributed by atoms with Gasteiger partial charge in [0.15, 0.2) is 0 Å². The fourth-order valence-corrected chi connectivity index (χ4v) is 1.39. The molecule has 0 aliphatic carbocycles. The molecule has 2 aromatic rings. The lowest BCUT2D eigenvalue weighted by molar-refractivity contribution is 0.0951. The highest BCUT2D eigenvalue weighted by atomic mass is 35.5. The van der Waals surface area contributed by atoms with Gasteiger partial charge in [0, 0.05) is 24.5 Å². The third-order valence-electron chi connectivity index (χ3n) is 2.31. The van der Waals surface area contributed by atoms with Crippen LogP contribution in [0.3, 0.4) is 0 Å². The quantitative estimate of drug-likeness (QED) is 0.928. The van der Waals surface area contributed by atoms with Gasteiger partial charge in [-0.2, -0.15) is 0 Å². The molecule has 0 unspecified atom stereocenters. The van der Waals surface area contributed by atoms with Gasteiger partial charge in [-0.3, -0.25) is 9.78 Å². The Hall–Kier alpha value is -1.94. The zero-order valence-electron chi connectivity index (χ0n) is 9.47. The summed E-state index contributed by atoms with van der Waals surface area (Å²) in [6.07, 6.45) is 3.12. The van der Waals surface area contributed by atoms with E-state index >= 15 is 0 Å². The summed E-state index contributed by atoms with van der Waals surface area (Å²) in [4.78, 5) is 15.5. The van der Waals surface area contributed by atoms with E-state index in [1.54, 1.807) is 36.7 Å². The Morgan fingerprint density at radius 2 is 1.72 bits per heavy atom. The monoisotopic (exact) mass is 266 g/mol. The topological polar surface area (TPSA) is 42.0 Å². The van der Waals surface area contributed by atoms with E-state index in [-0.39, 0.29) is 24.1 Å². The maximum Gasteiger partial charge on any atom is 0.251 e. The second kappa shape index (κ2) is 6.71. The largest absolute Gasteiger partial charge is 0.348 e. The number of benzene rings is 1. The first-order valence-electron chi connectivity index (χ1n) is 5.18. The Kier molecular flexibility index (Phi) is 5.27. The number of aromatic nitrogens is 1. The van der Waals surface area contributed by atoms with Gasteiger partial charge in [-0.15, -0.1) is 12.4 Å². The number of carbonyl (C=O) groups is 1. The van der Waals surface area contributed by atoms with Crippen molar-refractivity contribution in [2.24, 2.45) is 0 Å². The van der Waals surface area contributed by atoms with E-state index in [9.17, 15) is 9.18 Å². The Morgan fingerprint density at radius 1 is 1.11 bits per heavy atom. The molecule has 0 fully saturated rings. The Morgan fingerprint density at radius 3 is 2.33 bits per heavy atom. The molecule has 0 aliphatic heterocycles. The summed E-state index contributed by atoms with van der Waals surface area (Å²) in [7, 11) is 0. The molecule has 1 N–H and O–H groups in total. The first kappa shape index (κ1) is 14.1. The number of nitrogens with zero attached hydrogens (tertiary/aromatic N) is 1. The van der Waals surface area contributed by atoms with Crippen LogP contribution in [0.5, 0.6) is 0 Å². The molecular formula is C13H12ClFN2O. The minimum absolute atomic E-state index is 0. The average Bonchev–Trinajstić information content (AvgIpc) is 2.39. The van der Waals surface area contributed by atoms with Crippen LogP contribution in [-0.2, 0) is 6.54 Å². The fraction of sp³-hybridized carbons (Fsp3) is 0.0769. The molecule has 1 heterocycles. The highest BCUT2D eigenvalue weighted by Crippen LogP contribution is 2.03. The van der Waals surface area contributed by atoms with Crippen LogP contribution in [0.4, 0.5) is 4.39 Å². The van der Waals surface area contributed by atoms with Crippen LogP contribution in [-0.4, -0.2) is 10.9 Å². The van der Waals surface area contributed by atoms with Crippen molar-refractivity contribution in [1.29, 1.82) is 0 Å². The summed E-state index contributed by atoms with van der Waals surface area (Å²) in [5.41, 5.74) is 1.41. The number of pyridine rings is 1. The van der Waals surface area contributed by atoms with Crippen molar-refractivity contribution in [3.63, 3.8) is 0 Å². The molecular weight excluding hydrogens is 255 g/mol. The Balaban J connectivity index is 0.00000162. The van der Waals surface area contributed by atoms with E-state index in [4.69, 9.17) is 0 Å². The lowest BCUT2D eigenvalue weighted by Crippen LogP contribution is -2.22. The zero-order valence-corrected chi connectivity index (χ0v) is 10.3. The molecule has 18 heavy (non-hydrogen) atoms. The molecule has 1 aromatic carbocycles. The number of amides is 1. The number of carbonyl (C=O) groups excluding carboxylic acids is 1. The van der Waals surface area contributed by atoms with Gasteiger partial charge in [-0.1, -0.05) is 12.1 Å². The van der Waals surface area contributed by atoms with Crippen LogP contribution in [0.2, 0.25) is 0 Å². The van der Waals surface area contributed by atoms with E-state index in [1.165, 1.54) is 12.1 Å². The Labute approximate surface area is 110 Å².